The van der Waals surface area contributed by atoms with Crippen molar-refractivity contribution in [2.45, 2.75) is 0 Å². The van der Waals surface area contributed by atoms with Gasteiger partial charge in [0.15, 0.2) is 17.5 Å². The molecule has 0 aliphatic heterocycles. The summed E-state index contributed by atoms with van der Waals surface area (Å²) in [6, 6.07) is 33.8. The molecule has 0 saturated heterocycles. The van der Waals surface area contributed by atoms with Gasteiger partial charge in [-0.3, -0.25) is 0 Å². The van der Waals surface area contributed by atoms with Gasteiger partial charge in [-0.2, -0.15) is 0 Å². The summed E-state index contributed by atoms with van der Waals surface area (Å²) in [7, 11) is 0. The Morgan fingerprint density at radius 2 is 1.15 bits per heavy atom. The normalized spacial score (nSPS) is 13.4. The molecule has 0 aliphatic rings. The number of benzene rings is 7. The summed E-state index contributed by atoms with van der Waals surface area (Å²) >= 11 is 0. The van der Waals surface area contributed by atoms with Gasteiger partial charge in [0.25, 0.3) is 0 Å². The first-order valence-electron chi connectivity index (χ1n) is 17.4. The molecule has 0 aliphatic carbocycles. The molecule has 0 unspecified atom stereocenters. The summed E-state index contributed by atoms with van der Waals surface area (Å²) in [6.45, 7) is 0. The van der Waals surface area contributed by atoms with E-state index >= 15 is 0 Å². The van der Waals surface area contributed by atoms with Gasteiger partial charge in [0, 0.05) is 32.7 Å². The molecule has 0 bridgehead atoms. The molecule has 3 heterocycles. The third kappa shape index (κ3) is 3.66. The summed E-state index contributed by atoms with van der Waals surface area (Å²) < 4.78 is 56.1. The second-order valence-electron chi connectivity index (χ2n) is 11.2. The van der Waals surface area contributed by atoms with E-state index in [0.29, 0.717) is 33.6 Å². The number of aromatic nitrogens is 3. The van der Waals surface area contributed by atoms with Crippen molar-refractivity contribution in [1.82, 2.24) is 15.0 Å². The first-order chi connectivity index (χ1) is 24.9. The molecule has 46 heavy (non-hydrogen) atoms. The Kier molecular flexibility index (Phi) is 4.29. The van der Waals surface area contributed by atoms with Gasteiger partial charge in [0.1, 0.15) is 22.3 Å². The smallest absolute Gasteiger partial charge is 0.167 e. The van der Waals surface area contributed by atoms with E-state index in [1.807, 2.05) is 84.9 Å². The van der Waals surface area contributed by atoms with Crippen LogP contribution in [0.25, 0.3) is 99.6 Å². The van der Waals surface area contributed by atoms with Crippen LogP contribution in [0.2, 0.25) is 0 Å². The third-order valence-electron chi connectivity index (χ3n) is 8.59. The van der Waals surface area contributed by atoms with E-state index in [0.717, 1.165) is 43.5 Å². The van der Waals surface area contributed by atoms with Crippen molar-refractivity contribution < 1.29 is 15.7 Å². The third-order valence-corrected chi connectivity index (χ3v) is 8.59. The van der Waals surface area contributed by atoms with E-state index in [9.17, 15) is 1.37 Å². The molecule has 10 aromatic rings. The van der Waals surface area contributed by atoms with E-state index in [-0.39, 0.29) is 52.8 Å². The molecule has 0 N–H and O–H groups in total. The number of para-hydroxylation sites is 3. The summed E-state index contributed by atoms with van der Waals surface area (Å²) in [6.07, 6.45) is 0. The SMILES string of the molecule is [2H]c1cc([2H])c2oc3c([2H])c([2H])c([2H])c(-c4nc(-c5cc6ccccc6c6ccccc56)nc(-c5cccc6c5oc5ccccc56)n4)c3c2c1. The highest BCUT2D eigenvalue weighted by atomic mass is 16.3. The highest BCUT2D eigenvalue weighted by Gasteiger charge is 2.21. The van der Waals surface area contributed by atoms with Crippen LogP contribution in [-0.4, -0.2) is 15.0 Å². The van der Waals surface area contributed by atoms with Gasteiger partial charge in [0.2, 0.25) is 0 Å². The van der Waals surface area contributed by atoms with Crippen molar-refractivity contribution in [2.24, 2.45) is 0 Å². The molecule has 5 nitrogen and oxygen atoms in total. The Morgan fingerprint density at radius 1 is 0.435 bits per heavy atom. The second kappa shape index (κ2) is 9.58. The number of rotatable bonds is 3. The fourth-order valence-corrected chi connectivity index (χ4v) is 6.53. The maximum Gasteiger partial charge on any atom is 0.167 e. The molecule has 0 atom stereocenters. The zero-order chi connectivity index (χ0) is 34.5. The summed E-state index contributed by atoms with van der Waals surface area (Å²) in [4.78, 5) is 15.1. The van der Waals surface area contributed by atoms with E-state index in [1.54, 1.807) is 6.07 Å². The lowest BCUT2D eigenvalue weighted by atomic mass is 9.96. The van der Waals surface area contributed by atoms with Crippen molar-refractivity contribution in [3.63, 3.8) is 0 Å². The van der Waals surface area contributed by atoms with Gasteiger partial charge in [-0.25, -0.2) is 15.0 Å². The van der Waals surface area contributed by atoms with Crippen LogP contribution in [0.5, 0.6) is 0 Å². The molecular formula is C41H23N3O2. The molecule has 0 radical (unpaired) electrons. The standard InChI is InChI=1S/C41H23N3O2/c1-2-12-25-24(11-1)23-33(27-14-4-3-13-26(25)27)41-43-39(31-18-10-22-36-37(31)30-16-6-8-21-35(30)45-36)42-40(44-41)32-19-9-17-29-28-15-5-7-20-34(28)46-38(29)32/h1-23H/i6D,10D,18D,21D,22D. The maximum absolute atomic E-state index is 9.21. The zero-order valence-corrected chi connectivity index (χ0v) is 24.1. The van der Waals surface area contributed by atoms with E-state index < -0.39 is 0 Å². The number of hydrogen-bond donors (Lipinski definition) is 0. The first-order valence-corrected chi connectivity index (χ1v) is 14.9. The fraction of sp³-hybridized carbons (Fsp3) is 0. The van der Waals surface area contributed by atoms with Crippen LogP contribution in [-0.2, 0) is 0 Å². The Hall–Kier alpha value is -6.33. The minimum Gasteiger partial charge on any atom is -0.456 e. The largest absolute Gasteiger partial charge is 0.456 e. The Balaban J connectivity index is 1.36. The Labute approximate surface area is 269 Å². The van der Waals surface area contributed by atoms with Crippen LogP contribution in [0.1, 0.15) is 6.85 Å². The predicted octanol–water partition coefficient (Wildman–Crippen LogP) is 11.0. The Morgan fingerprint density at radius 3 is 2.04 bits per heavy atom. The minimum atomic E-state index is -0.367. The molecule has 214 valence electrons. The molecule has 7 aromatic carbocycles. The molecule has 10 rings (SSSR count). The van der Waals surface area contributed by atoms with Crippen LogP contribution in [0, 0.1) is 0 Å². The van der Waals surface area contributed by atoms with Crippen molar-refractivity contribution >= 4 is 65.4 Å². The lowest BCUT2D eigenvalue weighted by Crippen LogP contribution is -2.01. The summed E-state index contributed by atoms with van der Waals surface area (Å²) in [5.41, 5.74) is 3.01. The molecule has 0 saturated carbocycles. The van der Waals surface area contributed by atoms with Crippen LogP contribution in [0.15, 0.2) is 148 Å². The fourth-order valence-electron chi connectivity index (χ4n) is 6.53. The monoisotopic (exact) mass is 594 g/mol. The average molecular weight is 595 g/mol. The van der Waals surface area contributed by atoms with Gasteiger partial charge >= 0.3 is 0 Å². The van der Waals surface area contributed by atoms with Crippen molar-refractivity contribution in [1.29, 1.82) is 0 Å². The molecular weight excluding hydrogens is 566 g/mol. The predicted molar refractivity (Wildman–Crippen MR) is 186 cm³/mol. The number of hydrogen-bond acceptors (Lipinski definition) is 5. The van der Waals surface area contributed by atoms with Gasteiger partial charge < -0.3 is 8.83 Å². The first kappa shape index (κ1) is 20.6. The second-order valence-corrected chi connectivity index (χ2v) is 11.2. The van der Waals surface area contributed by atoms with Crippen LogP contribution in [0.4, 0.5) is 0 Å². The van der Waals surface area contributed by atoms with E-state index in [4.69, 9.17) is 29.3 Å². The summed E-state index contributed by atoms with van der Waals surface area (Å²) in [5, 5.41) is 6.54. The quantitative estimate of drug-likeness (QED) is 0.190. The number of fused-ring (bicyclic) bond motifs is 9. The highest BCUT2D eigenvalue weighted by molar-refractivity contribution is 6.14. The van der Waals surface area contributed by atoms with E-state index in [1.165, 1.54) is 6.07 Å². The van der Waals surface area contributed by atoms with Crippen LogP contribution in [0.3, 0.4) is 0 Å². The lowest BCUT2D eigenvalue weighted by molar-refractivity contribution is 0.668. The van der Waals surface area contributed by atoms with Crippen molar-refractivity contribution in [3.05, 3.63) is 139 Å². The topological polar surface area (TPSA) is 65.0 Å². The van der Waals surface area contributed by atoms with E-state index in [2.05, 4.69) is 12.1 Å². The Bertz CT molecular complexity index is 3120. The number of nitrogens with zero attached hydrogens (tertiary/aromatic N) is 3. The van der Waals surface area contributed by atoms with Gasteiger partial charge in [-0.05, 0) is 51.8 Å². The molecule has 0 spiro atoms. The maximum atomic E-state index is 9.21. The minimum absolute atomic E-state index is 0.0270. The lowest BCUT2D eigenvalue weighted by Gasteiger charge is -2.13. The molecule has 0 fully saturated rings. The van der Waals surface area contributed by atoms with Crippen molar-refractivity contribution in [2.75, 3.05) is 0 Å². The zero-order valence-electron chi connectivity index (χ0n) is 29.1. The van der Waals surface area contributed by atoms with Gasteiger partial charge in [-0.15, -0.1) is 0 Å². The highest BCUT2D eigenvalue weighted by Crippen LogP contribution is 2.40. The van der Waals surface area contributed by atoms with Crippen molar-refractivity contribution in [3.8, 4) is 34.2 Å². The average Bonchev–Trinajstić information content (AvgIpc) is 3.73. The molecule has 5 heteroatoms. The van der Waals surface area contributed by atoms with Gasteiger partial charge in [-0.1, -0.05) is 109 Å². The van der Waals surface area contributed by atoms with Crippen LogP contribution >= 0.6 is 0 Å². The molecule has 0 amide bonds. The summed E-state index contributed by atoms with van der Waals surface area (Å²) in [5.74, 6) is 0.726. The molecule has 3 aromatic heterocycles. The van der Waals surface area contributed by atoms with Gasteiger partial charge in [0.05, 0.1) is 12.4 Å². The van der Waals surface area contributed by atoms with Crippen LogP contribution < -0.4 is 0 Å². The number of furan rings is 2.